The van der Waals surface area contributed by atoms with E-state index < -0.39 is 0 Å². The second-order valence-electron chi connectivity index (χ2n) is 6.40. The average molecular weight is 394 g/mol. The van der Waals surface area contributed by atoms with Gasteiger partial charge in [0, 0.05) is 28.6 Å². The van der Waals surface area contributed by atoms with Crippen molar-refractivity contribution >= 4 is 46.0 Å². The second-order valence-corrected chi connectivity index (χ2v) is 7.90. The number of halogens is 1. The SMILES string of the molecule is CCN1C(=CC=Cc2cc[n+](CC)c3ccccc23)Sc2ccc(Cl)cc21. The molecule has 0 unspecified atom stereocenters. The van der Waals surface area contributed by atoms with Gasteiger partial charge in [-0.3, -0.25) is 0 Å². The van der Waals surface area contributed by atoms with Gasteiger partial charge in [0.25, 0.3) is 0 Å². The molecule has 0 saturated heterocycles. The number of pyridine rings is 1. The number of thioether (sulfide) groups is 1. The molecule has 4 rings (SSSR count). The van der Waals surface area contributed by atoms with Crippen LogP contribution in [0, 0.1) is 0 Å². The molecule has 0 fully saturated rings. The van der Waals surface area contributed by atoms with Crippen LogP contribution in [0.25, 0.3) is 17.0 Å². The van der Waals surface area contributed by atoms with Crippen LogP contribution < -0.4 is 9.47 Å². The zero-order valence-corrected chi connectivity index (χ0v) is 17.1. The van der Waals surface area contributed by atoms with Gasteiger partial charge in [-0.15, -0.1) is 0 Å². The van der Waals surface area contributed by atoms with Crippen molar-refractivity contribution in [3.05, 3.63) is 82.5 Å². The molecule has 27 heavy (non-hydrogen) atoms. The van der Waals surface area contributed by atoms with E-state index in [4.69, 9.17) is 11.6 Å². The van der Waals surface area contributed by atoms with Crippen LogP contribution in [0.4, 0.5) is 5.69 Å². The van der Waals surface area contributed by atoms with Crippen LogP contribution in [0.5, 0.6) is 0 Å². The maximum Gasteiger partial charge on any atom is 0.213 e. The third-order valence-electron chi connectivity index (χ3n) is 4.82. The summed E-state index contributed by atoms with van der Waals surface area (Å²) in [4.78, 5) is 3.57. The van der Waals surface area contributed by atoms with Crippen molar-refractivity contribution in [1.29, 1.82) is 0 Å². The minimum Gasteiger partial charge on any atom is -0.335 e. The van der Waals surface area contributed by atoms with E-state index in [1.807, 2.05) is 12.1 Å². The van der Waals surface area contributed by atoms with Gasteiger partial charge >= 0.3 is 0 Å². The smallest absolute Gasteiger partial charge is 0.213 e. The van der Waals surface area contributed by atoms with E-state index in [9.17, 15) is 0 Å². The van der Waals surface area contributed by atoms with Crippen LogP contribution in [-0.4, -0.2) is 6.54 Å². The highest BCUT2D eigenvalue weighted by Gasteiger charge is 2.23. The number of benzene rings is 2. The van der Waals surface area contributed by atoms with Crippen LogP contribution in [0.1, 0.15) is 19.4 Å². The lowest BCUT2D eigenvalue weighted by Gasteiger charge is -2.17. The van der Waals surface area contributed by atoms with E-state index in [-0.39, 0.29) is 0 Å². The molecule has 0 radical (unpaired) electrons. The Hall–Kier alpha value is -2.23. The largest absolute Gasteiger partial charge is 0.335 e. The highest BCUT2D eigenvalue weighted by molar-refractivity contribution is 8.03. The number of rotatable bonds is 4. The van der Waals surface area contributed by atoms with Crippen molar-refractivity contribution in [2.45, 2.75) is 25.3 Å². The predicted molar refractivity (Wildman–Crippen MR) is 117 cm³/mol. The molecule has 0 aliphatic carbocycles. The average Bonchev–Trinajstić information content (AvgIpc) is 3.04. The van der Waals surface area contributed by atoms with Crippen molar-refractivity contribution in [1.82, 2.24) is 0 Å². The van der Waals surface area contributed by atoms with Gasteiger partial charge in [-0.1, -0.05) is 47.6 Å². The molecule has 3 aromatic rings. The summed E-state index contributed by atoms with van der Waals surface area (Å²) in [5, 5.41) is 3.29. The molecule has 136 valence electrons. The van der Waals surface area contributed by atoms with Gasteiger partial charge in [-0.05, 0) is 49.8 Å². The summed E-state index contributed by atoms with van der Waals surface area (Å²) in [6.45, 7) is 6.23. The molecule has 0 N–H and O–H groups in total. The predicted octanol–water partition coefficient (Wildman–Crippen LogP) is 6.29. The van der Waals surface area contributed by atoms with Crippen LogP contribution in [0.3, 0.4) is 0 Å². The summed E-state index contributed by atoms with van der Waals surface area (Å²) in [6, 6.07) is 16.9. The minimum absolute atomic E-state index is 0.782. The highest BCUT2D eigenvalue weighted by atomic mass is 35.5. The Morgan fingerprint density at radius 1 is 1.11 bits per heavy atom. The van der Waals surface area contributed by atoms with E-state index in [2.05, 4.69) is 84.1 Å². The van der Waals surface area contributed by atoms with Crippen LogP contribution in [-0.2, 0) is 6.54 Å². The van der Waals surface area contributed by atoms with Crippen molar-refractivity contribution in [2.75, 3.05) is 11.4 Å². The number of nitrogens with zero attached hydrogens (tertiary/aromatic N) is 2. The molecule has 2 heterocycles. The fraction of sp³-hybridized carbons (Fsp3) is 0.174. The molecule has 1 aromatic heterocycles. The summed E-state index contributed by atoms with van der Waals surface area (Å²) < 4.78 is 2.27. The maximum atomic E-state index is 6.19. The van der Waals surface area contributed by atoms with E-state index >= 15 is 0 Å². The molecule has 4 heteroatoms. The van der Waals surface area contributed by atoms with Crippen LogP contribution in [0.15, 0.2) is 76.8 Å². The summed E-state index contributed by atoms with van der Waals surface area (Å²) >= 11 is 7.98. The molecular formula is C23H22ClN2S+. The van der Waals surface area contributed by atoms with Gasteiger partial charge in [-0.25, -0.2) is 0 Å². The molecule has 0 atom stereocenters. The van der Waals surface area contributed by atoms with Crippen molar-refractivity contribution in [3.8, 4) is 0 Å². The monoisotopic (exact) mass is 393 g/mol. The lowest BCUT2D eigenvalue weighted by atomic mass is 10.1. The van der Waals surface area contributed by atoms with Gasteiger partial charge < -0.3 is 4.90 Å². The second kappa shape index (κ2) is 7.79. The Morgan fingerprint density at radius 3 is 2.78 bits per heavy atom. The molecule has 1 aliphatic heterocycles. The van der Waals surface area contributed by atoms with Gasteiger partial charge in [0.05, 0.1) is 16.1 Å². The minimum atomic E-state index is 0.782. The van der Waals surface area contributed by atoms with Gasteiger partial charge in [-0.2, -0.15) is 4.57 Å². The van der Waals surface area contributed by atoms with E-state index in [1.54, 1.807) is 11.8 Å². The maximum absolute atomic E-state index is 6.19. The number of anilines is 1. The number of aromatic nitrogens is 1. The quantitative estimate of drug-likeness (QED) is 0.481. The molecule has 0 saturated carbocycles. The van der Waals surface area contributed by atoms with Crippen LogP contribution in [0.2, 0.25) is 5.02 Å². The fourth-order valence-electron chi connectivity index (χ4n) is 3.49. The van der Waals surface area contributed by atoms with E-state index in [1.165, 1.54) is 32.1 Å². The number of aryl methyl sites for hydroxylation is 1. The molecular weight excluding hydrogens is 372 g/mol. The Bertz CT molecular complexity index is 1060. The Balaban J connectivity index is 1.66. The van der Waals surface area contributed by atoms with Gasteiger partial charge in [0.1, 0.15) is 6.54 Å². The summed E-state index contributed by atoms with van der Waals surface area (Å²) in [5.41, 5.74) is 3.70. The number of hydrogen-bond acceptors (Lipinski definition) is 2. The summed E-state index contributed by atoms with van der Waals surface area (Å²) in [7, 11) is 0. The number of fused-ring (bicyclic) bond motifs is 2. The Labute approximate surface area is 169 Å². The van der Waals surface area contributed by atoms with Crippen molar-refractivity contribution in [3.63, 3.8) is 0 Å². The first-order chi connectivity index (χ1) is 13.2. The standard InChI is InChI=1S/C23H22ClN2S/c1-3-25-15-14-17(19-9-5-6-10-20(19)25)8-7-11-23-26(4-2)21-16-18(24)12-13-22(21)27-23/h5-16H,3-4H2,1-2H3/q+1. The molecule has 2 nitrogen and oxygen atoms in total. The van der Waals surface area contributed by atoms with Crippen LogP contribution >= 0.6 is 23.4 Å². The third kappa shape index (κ3) is 3.50. The van der Waals surface area contributed by atoms with E-state index in [0.717, 1.165) is 18.1 Å². The topological polar surface area (TPSA) is 7.12 Å². The molecule has 0 bridgehead atoms. The summed E-state index contributed by atoms with van der Waals surface area (Å²) in [6.07, 6.45) is 8.70. The molecule has 0 spiro atoms. The number of allylic oxidation sites excluding steroid dienone is 2. The first-order valence-electron chi connectivity index (χ1n) is 9.25. The zero-order valence-electron chi connectivity index (χ0n) is 15.5. The normalized spacial score (nSPS) is 15.2. The fourth-order valence-corrected chi connectivity index (χ4v) is 4.77. The van der Waals surface area contributed by atoms with Gasteiger partial charge in [0.15, 0.2) is 6.20 Å². The van der Waals surface area contributed by atoms with Gasteiger partial charge in [0.2, 0.25) is 5.52 Å². The lowest BCUT2D eigenvalue weighted by Crippen LogP contribution is -2.32. The van der Waals surface area contributed by atoms with E-state index in [0.29, 0.717) is 0 Å². The van der Waals surface area contributed by atoms with Crippen molar-refractivity contribution < 1.29 is 4.57 Å². The Kier molecular flexibility index (Phi) is 5.24. The summed E-state index contributed by atoms with van der Waals surface area (Å²) in [5.74, 6) is 0. The van der Waals surface area contributed by atoms with Crippen molar-refractivity contribution in [2.24, 2.45) is 0 Å². The third-order valence-corrected chi connectivity index (χ3v) is 6.19. The molecule has 0 amide bonds. The first kappa shape index (κ1) is 18.1. The molecule has 2 aromatic carbocycles. The highest BCUT2D eigenvalue weighted by Crippen LogP contribution is 2.46. The first-order valence-corrected chi connectivity index (χ1v) is 10.4. The number of para-hydroxylation sites is 1. The number of hydrogen-bond donors (Lipinski definition) is 0. The molecule has 1 aliphatic rings. The lowest BCUT2D eigenvalue weighted by molar-refractivity contribution is -0.667. The zero-order chi connectivity index (χ0) is 18.8. The Morgan fingerprint density at radius 2 is 1.96 bits per heavy atom.